The summed E-state index contributed by atoms with van der Waals surface area (Å²) in [6.45, 7) is 0. The van der Waals surface area contributed by atoms with Gasteiger partial charge in [0.25, 0.3) is 0 Å². The Morgan fingerprint density at radius 3 is 1.70 bits per heavy atom. The van der Waals surface area contributed by atoms with Crippen molar-refractivity contribution in [2.75, 3.05) is 30.5 Å². The van der Waals surface area contributed by atoms with E-state index in [2.05, 4.69) is 27.0 Å². The fourth-order valence-electron chi connectivity index (χ4n) is 2.35. The normalized spacial score (nSPS) is 10.5. The lowest BCUT2D eigenvalue weighted by atomic mass is 10.1. The number of hydrogen-bond acceptors (Lipinski definition) is 5. The van der Waals surface area contributed by atoms with Gasteiger partial charge in [0, 0.05) is 36.6 Å². The molecule has 0 aliphatic rings. The number of nitrogens with two attached hydrogens (primary N) is 2. The van der Waals surface area contributed by atoms with E-state index in [-0.39, 0.29) is 5.95 Å². The third-order valence-electron chi connectivity index (χ3n) is 3.63. The number of hydrogen-bond donors (Lipinski definition) is 2. The fourth-order valence-corrected chi connectivity index (χ4v) is 2.35. The first-order valence-corrected chi connectivity index (χ1v) is 7.31. The topological polar surface area (TPSA) is 81.1 Å². The Hall–Kier alpha value is -3.08. The van der Waals surface area contributed by atoms with E-state index in [1.807, 2.05) is 56.6 Å². The number of benzene rings is 2. The van der Waals surface area contributed by atoms with Crippen LogP contribution < -0.4 is 16.4 Å². The van der Waals surface area contributed by atoms with E-state index in [0.29, 0.717) is 0 Å². The first-order valence-electron chi connectivity index (χ1n) is 7.31. The zero-order valence-electron chi connectivity index (χ0n) is 13.2. The predicted molar refractivity (Wildman–Crippen MR) is 96.1 cm³/mol. The van der Waals surface area contributed by atoms with Gasteiger partial charge in [-0.2, -0.15) is 0 Å². The Bertz CT molecular complexity index is 808. The standard InChI is InChI=1S/C18H19N5/c1-23(2)15-9-5-13(6-10-15)17-11-16(21-18(20)22-17)12-3-7-14(19)8-4-12/h3-11H,19H2,1-2H3,(H2,20,21,22). The van der Waals surface area contributed by atoms with Crippen molar-refractivity contribution in [3.63, 3.8) is 0 Å². The summed E-state index contributed by atoms with van der Waals surface area (Å²) in [6.07, 6.45) is 0. The van der Waals surface area contributed by atoms with Crippen molar-refractivity contribution in [3.8, 4) is 22.5 Å². The molecule has 0 radical (unpaired) electrons. The monoisotopic (exact) mass is 305 g/mol. The van der Waals surface area contributed by atoms with Crippen molar-refractivity contribution >= 4 is 17.3 Å². The molecule has 0 fully saturated rings. The van der Waals surface area contributed by atoms with Crippen LogP contribution in [0.15, 0.2) is 54.6 Å². The molecule has 0 aliphatic heterocycles. The van der Waals surface area contributed by atoms with E-state index in [9.17, 15) is 0 Å². The van der Waals surface area contributed by atoms with E-state index in [1.165, 1.54) is 0 Å². The van der Waals surface area contributed by atoms with Crippen molar-refractivity contribution in [1.82, 2.24) is 9.97 Å². The van der Waals surface area contributed by atoms with Gasteiger partial charge in [0.1, 0.15) is 0 Å². The van der Waals surface area contributed by atoms with Crippen molar-refractivity contribution < 1.29 is 0 Å². The van der Waals surface area contributed by atoms with E-state index < -0.39 is 0 Å². The zero-order valence-corrected chi connectivity index (χ0v) is 13.2. The molecule has 0 bridgehead atoms. The molecule has 0 amide bonds. The SMILES string of the molecule is CN(C)c1ccc(-c2cc(-c3ccc(N)cc3)nc(N)n2)cc1. The fraction of sp³-hybridized carbons (Fsp3) is 0.111. The largest absolute Gasteiger partial charge is 0.399 e. The van der Waals surface area contributed by atoms with Crippen LogP contribution in [0.1, 0.15) is 0 Å². The lowest BCUT2D eigenvalue weighted by Gasteiger charge is -2.13. The van der Waals surface area contributed by atoms with Gasteiger partial charge >= 0.3 is 0 Å². The molecule has 5 nitrogen and oxygen atoms in total. The van der Waals surface area contributed by atoms with E-state index in [1.54, 1.807) is 0 Å². The van der Waals surface area contributed by atoms with Crippen molar-refractivity contribution in [1.29, 1.82) is 0 Å². The van der Waals surface area contributed by atoms with Gasteiger partial charge in [0.15, 0.2) is 0 Å². The lowest BCUT2D eigenvalue weighted by molar-refractivity contribution is 1.13. The molecule has 2 aromatic carbocycles. The molecule has 0 spiro atoms. The second kappa shape index (κ2) is 5.96. The van der Waals surface area contributed by atoms with Crippen LogP contribution in [-0.2, 0) is 0 Å². The minimum absolute atomic E-state index is 0.256. The molecule has 0 aliphatic carbocycles. The highest BCUT2D eigenvalue weighted by atomic mass is 15.1. The number of nitrogen functional groups attached to an aromatic ring is 2. The zero-order chi connectivity index (χ0) is 16.4. The smallest absolute Gasteiger partial charge is 0.221 e. The van der Waals surface area contributed by atoms with Crippen LogP contribution in [0.4, 0.5) is 17.3 Å². The molecule has 3 aromatic rings. The Morgan fingerprint density at radius 1 is 0.739 bits per heavy atom. The second-order valence-corrected chi connectivity index (χ2v) is 5.56. The van der Waals surface area contributed by atoms with Crippen LogP contribution in [0.25, 0.3) is 22.5 Å². The van der Waals surface area contributed by atoms with Crippen LogP contribution in [0.2, 0.25) is 0 Å². The van der Waals surface area contributed by atoms with Gasteiger partial charge < -0.3 is 16.4 Å². The van der Waals surface area contributed by atoms with Crippen LogP contribution in [0.5, 0.6) is 0 Å². The minimum Gasteiger partial charge on any atom is -0.399 e. The van der Waals surface area contributed by atoms with Crippen molar-refractivity contribution in [3.05, 3.63) is 54.6 Å². The van der Waals surface area contributed by atoms with Crippen molar-refractivity contribution in [2.24, 2.45) is 0 Å². The van der Waals surface area contributed by atoms with Gasteiger partial charge in [-0.1, -0.05) is 24.3 Å². The van der Waals surface area contributed by atoms with E-state index in [4.69, 9.17) is 11.5 Å². The Kier molecular flexibility index (Phi) is 3.85. The molecule has 0 atom stereocenters. The maximum Gasteiger partial charge on any atom is 0.221 e. The highest BCUT2D eigenvalue weighted by molar-refractivity contribution is 5.71. The first kappa shape index (κ1) is 14.8. The molecule has 116 valence electrons. The maximum absolute atomic E-state index is 5.89. The van der Waals surface area contributed by atoms with Crippen LogP contribution in [0, 0.1) is 0 Å². The van der Waals surface area contributed by atoms with Gasteiger partial charge in [-0.25, -0.2) is 9.97 Å². The Labute approximate surface area is 135 Å². The molecule has 5 heteroatoms. The van der Waals surface area contributed by atoms with Gasteiger partial charge in [0.05, 0.1) is 11.4 Å². The summed E-state index contributed by atoms with van der Waals surface area (Å²) in [7, 11) is 4.02. The average Bonchev–Trinajstić information content (AvgIpc) is 2.55. The van der Waals surface area contributed by atoms with E-state index in [0.717, 1.165) is 33.9 Å². The lowest BCUT2D eigenvalue weighted by Crippen LogP contribution is -2.08. The molecule has 23 heavy (non-hydrogen) atoms. The van der Waals surface area contributed by atoms with Gasteiger partial charge in [-0.15, -0.1) is 0 Å². The van der Waals surface area contributed by atoms with Crippen LogP contribution in [-0.4, -0.2) is 24.1 Å². The molecule has 1 aromatic heterocycles. The molecule has 0 saturated carbocycles. The quantitative estimate of drug-likeness (QED) is 0.727. The molecule has 3 rings (SSSR count). The van der Waals surface area contributed by atoms with Crippen LogP contribution >= 0.6 is 0 Å². The van der Waals surface area contributed by atoms with Gasteiger partial charge in [0.2, 0.25) is 5.95 Å². The molecule has 0 unspecified atom stereocenters. The van der Waals surface area contributed by atoms with Crippen molar-refractivity contribution in [2.45, 2.75) is 0 Å². The summed E-state index contributed by atoms with van der Waals surface area (Å²) in [5, 5.41) is 0. The van der Waals surface area contributed by atoms with Gasteiger partial charge in [-0.05, 0) is 30.3 Å². The Morgan fingerprint density at radius 2 is 1.22 bits per heavy atom. The van der Waals surface area contributed by atoms with E-state index >= 15 is 0 Å². The highest BCUT2D eigenvalue weighted by Gasteiger charge is 2.07. The summed E-state index contributed by atoms with van der Waals surface area (Å²) < 4.78 is 0. The second-order valence-electron chi connectivity index (χ2n) is 5.56. The summed E-state index contributed by atoms with van der Waals surface area (Å²) in [5.41, 5.74) is 17.0. The predicted octanol–water partition coefficient (Wildman–Crippen LogP) is 3.04. The molecule has 1 heterocycles. The number of anilines is 3. The van der Waals surface area contributed by atoms with Gasteiger partial charge in [-0.3, -0.25) is 0 Å². The maximum atomic E-state index is 5.89. The molecule has 0 saturated heterocycles. The third kappa shape index (κ3) is 3.23. The third-order valence-corrected chi connectivity index (χ3v) is 3.63. The summed E-state index contributed by atoms with van der Waals surface area (Å²) in [5.74, 6) is 0.256. The Balaban J connectivity index is 2.01. The number of nitrogens with zero attached hydrogens (tertiary/aromatic N) is 3. The molecular formula is C18H19N5. The number of rotatable bonds is 3. The highest BCUT2D eigenvalue weighted by Crippen LogP contribution is 2.26. The summed E-state index contributed by atoms with van der Waals surface area (Å²) in [6, 6.07) is 17.7. The number of aromatic nitrogens is 2. The summed E-state index contributed by atoms with van der Waals surface area (Å²) in [4.78, 5) is 10.7. The van der Waals surface area contributed by atoms with Crippen LogP contribution in [0.3, 0.4) is 0 Å². The molecule has 4 N–H and O–H groups in total. The average molecular weight is 305 g/mol. The first-order chi connectivity index (χ1) is 11.0. The summed E-state index contributed by atoms with van der Waals surface area (Å²) >= 11 is 0. The minimum atomic E-state index is 0.256. The molecular weight excluding hydrogens is 286 g/mol.